The maximum atomic E-state index is 12.9. The SMILES string of the molecule is COc1ccc(NC(=O)c2cccc(NS(=O)(=O)c3ccc4c(c3)OCCCO4)c2)cc1. The lowest BCUT2D eigenvalue weighted by molar-refractivity contribution is 0.102. The molecule has 0 fully saturated rings. The molecule has 1 heterocycles. The number of nitrogens with one attached hydrogen (secondary N) is 2. The summed E-state index contributed by atoms with van der Waals surface area (Å²) in [6.45, 7) is 0.970. The minimum Gasteiger partial charge on any atom is -0.497 e. The minimum atomic E-state index is -3.90. The van der Waals surface area contributed by atoms with Crippen molar-refractivity contribution in [1.82, 2.24) is 0 Å². The Morgan fingerprint density at radius 2 is 1.66 bits per heavy atom. The maximum Gasteiger partial charge on any atom is 0.262 e. The molecule has 0 aromatic heterocycles. The second-order valence-electron chi connectivity index (χ2n) is 7.03. The number of benzene rings is 3. The van der Waals surface area contributed by atoms with Gasteiger partial charge in [-0.15, -0.1) is 0 Å². The molecule has 2 N–H and O–H groups in total. The van der Waals surface area contributed by atoms with Crippen LogP contribution in [-0.4, -0.2) is 34.6 Å². The third-order valence-corrected chi connectivity index (χ3v) is 6.13. The number of hydrogen-bond acceptors (Lipinski definition) is 6. The van der Waals surface area contributed by atoms with Crippen molar-refractivity contribution in [3.05, 3.63) is 72.3 Å². The predicted octanol–water partition coefficient (Wildman–Crippen LogP) is 3.91. The van der Waals surface area contributed by atoms with Gasteiger partial charge in [-0.1, -0.05) is 6.07 Å². The number of amides is 1. The lowest BCUT2D eigenvalue weighted by Gasteiger charge is -2.12. The van der Waals surface area contributed by atoms with Gasteiger partial charge < -0.3 is 19.5 Å². The quantitative estimate of drug-likeness (QED) is 0.585. The zero-order chi connectivity index (χ0) is 22.6. The van der Waals surface area contributed by atoms with E-state index >= 15 is 0 Å². The van der Waals surface area contributed by atoms with E-state index in [-0.39, 0.29) is 16.5 Å². The lowest BCUT2D eigenvalue weighted by atomic mass is 10.2. The van der Waals surface area contributed by atoms with E-state index in [1.165, 1.54) is 18.2 Å². The Labute approximate surface area is 186 Å². The molecule has 0 unspecified atom stereocenters. The standard InChI is InChI=1S/C23H22N2O6S/c1-29-19-8-6-17(7-9-19)24-23(26)16-4-2-5-18(14-16)25-32(27,28)20-10-11-21-22(15-20)31-13-3-12-30-21/h2,4-11,14-15,25H,3,12-13H2,1H3,(H,24,26). The molecule has 0 saturated heterocycles. The van der Waals surface area contributed by atoms with E-state index < -0.39 is 10.0 Å². The van der Waals surface area contributed by atoms with Gasteiger partial charge in [0.15, 0.2) is 11.5 Å². The van der Waals surface area contributed by atoms with Gasteiger partial charge in [-0.05, 0) is 54.6 Å². The van der Waals surface area contributed by atoms with Gasteiger partial charge >= 0.3 is 0 Å². The minimum absolute atomic E-state index is 0.0369. The van der Waals surface area contributed by atoms with Crippen molar-refractivity contribution in [3.63, 3.8) is 0 Å². The molecule has 3 aromatic rings. The largest absolute Gasteiger partial charge is 0.497 e. The highest BCUT2D eigenvalue weighted by Gasteiger charge is 2.19. The molecule has 1 aliphatic rings. The van der Waals surface area contributed by atoms with Crippen LogP contribution in [0.1, 0.15) is 16.8 Å². The molecule has 8 nitrogen and oxygen atoms in total. The Bertz CT molecular complexity index is 1230. The molecule has 166 valence electrons. The van der Waals surface area contributed by atoms with Crippen LogP contribution in [0.3, 0.4) is 0 Å². The molecular formula is C23H22N2O6S. The molecule has 1 aliphatic heterocycles. The van der Waals surface area contributed by atoms with Crippen molar-refractivity contribution in [3.8, 4) is 17.2 Å². The molecule has 0 spiro atoms. The van der Waals surface area contributed by atoms with Crippen LogP contribution in [0.2, 0.25) is 0 Å². The van der Waals surface area contributed by atoms with Gasteiger partial charge in [-0.3, -0.25) is 9.52 Å². The Kier molecular flexibility index (Phi) is 6.18. The second-order valence-corrected chi connectivity index (χ2v) is 8.71. The topological polar surface area (TPSA) is 103 Å². The fraction of sp³-hybridized carbons (Fsp3) is 0.174. The van der Waals surface area contributed by atoms with Crippen LogP contribution >= 0.6 is 0 Å². The van der Waals surface area contributed by atoms with Gasteiger partial charge in [0.2, 0.25) is 0 Å². The van der Waals surface area contributed by atoms with E-state index in [9.17, 15) is 13.2 Å². The first-order valence-corrected chi connectivity index (χ1v) is 11.4. The summed E-state index contributed by atoms with van der Waals surface area (Å²) in [5.74, 6) is 1.21. The molecule has 1 amide bonds. The van der Waals surface area contributed by atoms with E-state index in [4.69, 9.17) is 14.2 Å². The van der Waals surface area contributed by atoms with Crippen LogP contribution in [-0.2, 0) is 10.0 Å². The first-order chi connectivity index (χ1) is 15.4. The highest BCUT2D eigenvalue weighted by molar-refractivity contribution is 7.92. The molecule has 9 heteroatoms. The van der Waals surface area contributed by atoms with Crippen LogP contribution in [0.5, 0.6) is 17.2 Å². The van der Waals surface area contributed by atoms with E-state index in [0.717, 1.165) is 6.42 Å². The first kappa shape index (κ1) is 21.5. The van der Waals surface area contributed by atoms with E-state index in [1.807, 2.05) is 0 Å². The highest BCUT2D eigenvalue weighted by atomic mass is 32.2. The summed E-state index contributed by atoms with van der Waals surface area (Å²) in [4.78, 5) is 12.6. The van der Waals surface area contributed by atoms with E-state index in [1.54, 1.807) is 55.6 Å². The van der Waals surface area contributed by atoms with Crippen molar-refractivity contribution in [2.24, 2.45) is 0 Å². The van der Waals surface area contributed by atoms with Gasteiger partial charge in [0.1, 0.15) is 5.75 Å². The van der Waals surface area contributed by atoms with E-state index in [2.05, 4.69) is 10.0 Å². The molecule has 0 radical (unpaired) electrons. The second kappa shape index (κ2) is 9.19. The summed E-state index contributed by atoms with van der Waals surface area (Å²) < 4.78 is 44.5. The average molecular weight is 455 g/mol. The third kappa shape index (κ3) is 4.94. The monoisotopic (exact) mass is 454 g/mol. The number of rotatable bonds is 6. The molecule has 0 saturated carbocycles. The predicted molar refractivity (Wildman–Crippen MR) is 120 cm³/mol. The third-order valence-electron chi connectivity index (χ3n) is 4.75. The molecular weight excluding hydrogens is 432 g/mol. The fourth-order valence-corrected chi connectivity index (χ4v) is 4.19. The summed E-state index contributed by atoms with van der Waals surface area (Å²) >= 11 is 0. The molecule has 0 aliphatic carbocycles. The Hall–Kier alpha value is -3.72. The summed E-state index contributed by atoms with van der Waals surface area (Å²) in [6, 6.07) is 17.6. The zero-order valence-corrected chi connectivity index (χ0v) is 18.1. The summed E-state index contributed by atoms with van der Waals surface area (Å²) in [6.07, 6.45) is 0.723. The number of anilines is 2. The van der Waals surface area contributed by atoms with Gasteiger partial charge in [0.05, 0.1) is 25.2 Å². The van der Waals surface area contributed by atoms with Gasteiger partial charge in [-0.2, -0.15) is 0 Å². The number of ether oxygens (including phenoxy) is 3. The number of carbonyl (C=O) groups is 1. The van der Waals surface area contributed by atoms with Crippen molar-refractivity contribution in [1.29, 1.82) is 0 Å². The number of hydrogen-bond donors (Lipinski definition) is 2. The Morgan fingerprint density at radius 1 is 0.906 bits per heavy atom. The van der Waals surface area contributed by atoms with Crippen LogP contribution in [0.4, 0.5) is 11.4 Å². The first-order valence-electron chi connectivity index (χ1n) is 9.92. The van der Waals surface area contributed by atoms with Gasteiger partial charge in [0, 0.05) is 29.4 Å². The number of carbonyl (C=O) groups excluding carboxylic acids is 1. The average Bonchev–Trinajstić information content (AvgIpc) is 3.04. The molecule has 4 rings (SSSR count). The molecule has 32 heavy (non-hydrogen) atoms. The lowest BCUT2D eigenvalue weighted by Crippen LogP contribution is -2.15. The Balaban J connectivity index is 1.50. The normalized spacial score (nSPS) is 13.0. The van der Waals surface area contributed by atoms with E-state index in [0.29, 0.717) is 41.7 Å². The van der Waals surface area contributed by atoms with Crippen LogP contribution in [0.15, 0.2) is 71.6 Å². The molecule has 0 bridgehead atoms. The summed E-state index contributed by atoms with van der Waals surface area (Å²) in [7, 11) is -2.34. The van der Waals surface area contributed by atoms with Crippen molar-refractivity contribution >= 4 is 27.3 Å². The van der Waals surface area contributed by atoms with Crippen LogP contribution in [0, 0.1) is 0 Å². The Morgan fingerprint density at radius 3 is 2.41 bits per heavy atom. The van der Waals surface area contributed by atoms with Crippen molar-refractivity contribution < 1.29 is 27.4 Å². The fourth-order valence-electron chi connectivity index (χ4n) is 3.13. The van der Waals surface area contributed by atoms with Crippen LogP contribution < -0.4 is 24.2 Å². The molecule has 0 atom stereocenters. The highest BCUT2D eigenvalue weighted by Crippen LogP contribution is 2.32. The molecule has 3 aromatic carbocycles. The van der Waals surface area contributed by atoms with Crippen molar-refractivity contribution in [2.45, 2.75) is 11.3 Å². The number of sulfonamides is 1. The zero-order valence-electron chi connectivity index (χ0n) is 17.3. The van der Waals surface area contributed by atoms with Gasteiger partial charge in [-0.25, -0.2) is 8.42 Å². The summed E-state index contributed by atoms with van der Waals surface area (Å²) in [5.41, 5.74) is 1.16. The number of fused-ring (bicyclic) bond motifs is 1. The number of methoxy groups -OCH3 is 1. The smallest absolute Gasteiger partial charge is 0.262 e. The maximum absolute atomic E-state index is 12.9. The van der Waals surface area contributed by atoms with Gasteiger partial charge in [0.25, 0.3) is 15.9 Å². The van der Waals surface area contributed by atoms with Crippen molar-refractivity contribution in [2.75, 3.05) is 30.4 Å². The van der Waals surface area contributed by atoms with Crippen LogP contribution in [0.25, 0.3) is 0 Å². The summed E-state index contributed by atoms with van der Waals surface area (Å²) in [5, 5.41) is 2.77.